The van der Waals surface area contributed by atoms with E-state index in [1.165, 1.54) is 11.3 Å². The van der Waals surface area contributed by atoms with Gasteiger partial charge in [-0.25, -0.2) is 9.78 Å². The molecule has 35 heavy (non-hydrogen) atoms. The van der Waals surface area contributed by atoms with Crippen molar-refractivity contribution < 1.29 is 14.7 Å². The maximum absolute atomic E-state index is 12.7. The number of carboxylic acid groups (broad SMARTS) is 1. The molecule has 1 amide bonds. The van der Waals surface area contributed by atoms with Crippen LogP contribution >= 0.6 is 11.3 Å². The summed E-state index contributed by atoms with van der Waals surface area (Å²) in [7, 11) is 0. The molecule has 0 spiro atoms. The highest BCUT2D eigenvalue weighted by Crippen LogP contribution is 2.25. The minimum Gasteiger partial charge on any atom is -0.480 e. The van der Waals surface area contributed by atoms with Gasteiger partial charge < -0.3 is 20.6 Å². The number of nitrogens with one attached hydrogen (secondary N) is 2. The molecule has 1 aliphatic rings. The average Bonchev–Trinajstić information content (AvgIpc) is 3.21. The Hall–Kier alpha value is -3.39. The zero-order valence-electron chi connectivity index (χ0n) is 20.2. The van der Waals surface area contributed by atoms with Crippen molar-refractivity contribution in [3.8, 4) is 0 Å². The van der Waals surface area contributed by atoms with E-state index in [4.69, 9.17) is 0 Å². The predicted octanol–water partition coefficient (Wildman–Crippen LogP) is 4.51. The van der Waals surface area contributed by atoms with E-state index in [1.807, 2.05) is 49.6 Å². The molecule has 1 atom stereocenters. The molecule has 8 heteroatoms. The smallest absolute Gasteiger partial charge is 0.326 e. The zero-order valence-corrected chi connectivity index (χ0v) is 21.0. The van der Waals surface area contributed by atoms with Crippen LogP contribution in [0, 0.1) is 19.8 Å². The first-order valence-electron chi connectivity index (χ1n) is 12.0. The second-order valence-corrected chi connectivity index (χ2v) is 10.2. The number of carboxylic acids is 1. The Balaban J connectivity index is 1.29. The second-order valence-electron chi connectivity index (χ2n) is 9.11. The largest absolute Gasteiger partial charge is 0.480 e. The number of thiophene rings is 1. The number of hydrogen-bond donors (Lipinski definition) is 3. The number of hydrogen-bond acceptors (Lipinski definition) is 6. The molecule has 1 aliphatic heterocycles. The third-order valence-corrected chi connectivity index (χ3v) is 7.61. The van der Waals surface area contributed by atoms with E-state index in [0.717, 1.165) is 60.0 Å². The number of carbonyl (C=O) groups is 2. The number of pyridine rings is 1. The van der Waals surface area contributed by atoms with Gasteiger partial charge in [0.05, 0.1) is 5.56 Å². The minimum atomic E-state index is -1.03. The Bertz CT molecular complexity index is 1120. The number of piperidine rings is 1. The molecule has 1 saturated heterocycles. The van der Waals surface area contributed by atoms with Gasteiger partial charge in [-0.2, -0.15) is 0 Å². The first kappa shape index (κ1) is 24.7. The maximum Gasteiger partial charge on any atom is 0.326 e. The van der Waals surface area contributed by atoms with Crippen molar-refractivity contribution >= 4 is 34.7 Å². The standard InChI is InChI=1S/C27H32N4O3S/c1-18-17-35-19(2)25(18)26(32)30-23(27(33)34)15-20-6-8-22(9-7-20)31-13-10-21(11-14-31)16-29-24-5-3-4-12-28-24/h3-9,12,17,21,23H,10-11,13-16H2,1-2H3,(H,28,29)(H,30,32)(H,33,34). The van der Waals surface area contributed by atoms with Crippen molar-refractivity contribution in [1.29, 1.82) is 0 Å². The summed E-state index contributed by atoms with van der Waals surface area (Å²) in [5.41, 5.74) is 3.48. The number of carbonyl (C=O) groups excluding carboxylic acids is 1. The summed E-state index contributed by atoms with van der Waals surface area (Å²) < 4.78 is 0. The van der Waals surface area contributed by atoms with Crippen molar-refractivity contribution in [3.63, 3.8) is 0 Å². The van der Waals surface area contributed by atoms with E-state index in [-0.39, 0.29) is 12.3 Å². The van der Waals surface area contributed by atoms with Crippen LogP contribution in [0.15, 0.2) is 54.0 Å². The quantitative estimate of drug-likeness (QED) is 0.407. The first-order valence-corrected chi connectivity index (χ1v) is 12.9. The molecule has 0 radical (unpaired) electrons. The van der Waals surface area contributed by atoms with Crippen molar-refractivity contribution in [2.45, 2.75) is 39.2 Å². The summed E-state index contributed by atoms with van der Waals surface area (Å²) in [5, 5.41) is 17.7. The van der Waals surface area contributed by atoms with Gasteiger partial charge >= 0.3 is 5.97 Å². The van der Waals surface area contributed by atoms with Crippen LogP contribution in [0.5, 0.6) is 0 Å². The number of aryl methyl sites for hydroxylation is 2. The Morgan fingerprint density at radius 3 is 2.49 bits per heavy atom. The van der Waals surface area contributed by atoms with Gasteiger partial charge in [-0.3, -0.25) is 4.79 Å². The van der Waals surface area contributed by atoms with Crippen molar-refractivity contribution in [3.05, 3.63) is 75.6 Å². The van der Waals surface area contributed by atoms with Gasteiger partial charge in [0.1, 0.15) is 11.9 Å². The number of aliphatic carboxylic acids is 1. The third-order valence-electron chi connectivity index (χ3n) is 6.58. The highest BCUT2D eigenvalue weighted by atomic mass is 32.1. The molecular formula is C27H32N4O3S. The fourth-order valence-electron chi connectivity index (χ4n) is 4.53. The normalized spacial score (nSPS) is 15.0. The summed E-state index contributed by atoms with van der Waals surface area (Å²) in [6.07, 6.45) is 4.25. The van der Waals surface area contributed by atoms with E-state index in [1.54, 1.807) is 6.20 Å². The summed E-state index contributed by atoms with van der Waals surface area (Å²) in [6, 6.07) is 12.9. The molecule has 1 fully saturated rings. The van der Waals surface area contributed by atoms with Gasteiger partial charge in [0.15, 0.2) is 0 Å². The Morgan fingerprint density at radius 2 is 1.89 bits per heavy atom. The summed E-state index contributed by atoms with van der Waals surface area (Å²) >= 11 is 1.50. The van der Waals surface area contributed by atoms with Crippen LogP contribution in [0.3, 0.4) is 0 Å². The van der Waals surface area contributed by atoms with Gasteiger partial charge in [-0.15, -0.1) is 11.3 Å². The van der Waals surface area contributed by atoms with E-state index in [0.29, 0.717) is 11.5 Å². The predicted molar refractivity (Wildman–Crippen MR) is 140 cm³/mol. The SMILES string of the molecule is Cc1csc(C)c1C(=O)NC(Cc1ccc(N2CCC(CNc3ccccn3)CC2)cc1)C(=O)O. The van der Waals surface area contributed by atoms with Gasteiger partial charge in [0.25, 0.3) is 5.91 Å². The molecule has 184 valence electrons. The first-order chi connectivity index (χ1) is 16.9. The molecule has 3 N–H and O–H groups in total. The number of benzene rings is 1. The lowest BCUT2D eigenvalue weighted by Crippen LogP contribution is -2.42. The van der Waals surface area contributed by atoms with Gasteiger partial charge in [0.2, 0.25) is 0 Å². The van der Waals surface area contributed by atoms with Crippen molar-refractivity contribution in [1.82, 2.24) is 10.3 Å². The molecule has 7 nitrogen and oxygen atoms in total. The third kappa shape index (κ3) is 6.39. The molecule has 4 rings (SSSR count). The molecule has 0 bridgehead atoms. The molecule has 2 aromatic heterocycles. The summed E-state index contributed by atoms with van der Waals surface area (Å²) in [4.78, 5) is 32.1. The topological polar surface area (TPSA) is 94.6 Å². The van der Waals surface area contributed by atoms with Crippen LogP contribution in [-0.4, -0.2) is 47.6 Å². The zero-order chi connectivity index (χ0) is 24.8. The molecule has 0 aliphatic carbocycles. The Kier molecular flexibility index (Phi) is 8.02. The van der Waals surface area contributed by atoms with E-state index >= 15 is 0 Å². The molecule has 0 saturated carbocycles. The lowest BCUT2D eigenvalue weighted by Gasteiger charge is -2.34. The Labute approximate surface area is 210 Å². The average molecular weight is 493 g/mol. The van der Waals surface area contributed by atoms with Crippen LogP contribution in [0.25, 0.3) is 0 Å². The lowest BCUT2D eigenvalue weighted by molar-refractivity contribution is -0.139. The molecule has 3 heterocycles. The monoisotopic (exact) mass is 492 g/mol. The number of amides is 1. The number of nitrogens with zero attached hydrogens (tertiary/aromatic N) is 2. The summed E-state index contributed by atoms with van der Waals surface area (Å²) in [5.74, 6) is 0.171. The number of rotatable bonds is 9. The molecule has 3 aromatic rings. The number of aromatic nitrogens is 1. The molecule has 1 unspecified atom stereocenters. The van der Waals surface area contributed by atoms with E-state index in [9.17, 15) is 14.7 Å². The lowest BCUT2D eigenvalue weighted by atomic mass is 9.96. The van der Waals surface area contributed by atoms with Crippen molar-refractivity contribution in [2.75, 3.05) is 29.9 Å². The van der Waals surface area contributed by atoms with Crippen LogP contribution in [0.1, 0.15) is 39.2 Å². The molecular weight excluding hydrogens is 460 g/mol. The Morgan fingerprint density at radius 1 is 1.14 bits per heavy atom. The fourth-order valence-corrected chi connectivity index (χ4v) is 5.37. The van der Waals surface area contributed by atoms with Gasteiger partial charge in [-0.05, 0) is 73.4 Å². The molecule has 1 aromatic carbocycles. The van der Waals surface area contributed by atoms with Crippen LogP contribution in [0.4, 0.5) is 11.5 Å². The second kappa shape index (κ2) is 11.4. The van der Waals surface area contributed by atoms with E-state index < -0.39 is 12.0 Å². The summed E-state index contributed by atoms with van der Waals surface area (Å²) in [6.45, 7) is 6.65. The van der Waals surface area contributed by atoms with Crippen LogP contribution in [-0.2, 0) is 11.2 Å². The number of anilines is 2. The highest BCUT2D eigenvalue weighted by molar-refractivity contribution is 7.10. The fraction of sp³-hybridized carbons (Fsp3) is 0.370. The van der Waals surface area contributed by atoms with Gasteiger partial charge in [0, 0.05) is 42.8 Å². The van der Waals surface area contributed by atoms with Crippen molar-refractivity contribution in [2.24, 2.45) is 5.92 Å². The van der Waals surface area contributed by atoms with Crippen LogP contribution < -0.4 is 15.5 Å². The highest BCUT2D eigenvalue weighted by Gasteiger charge is 2.24. The van der Waals surface area contributed by atoms with Crippen LogP contribution in [0.2, 0.25) is 0 Å². The van der Waals surface area contributed by atoms with Gasteiger partial charge in [-0.1, -0.05) is 18.2 Å². The minimum absolute atomic E-state index is 0.241. The van der Waals surface area contributed by atoms with E-state index in [2.05, 4.69) is 32.7 Å². The maximum atomic E-state index is 12.7.